The smallest absolute Gasteiger partial charge is 0.224 e. The van der Waals surface area contributed by atoms with Gasteiger partial charge in [0.1, 0.15) is 0 Å². The topological polar surface area (TPSA) is 101 Å². The summed E-state index contributed by atoms with van der Waals surface area (Å²) < 4.78 is 31.4. The third-order valence-electron chi connectivity index (χ3n) is 7.96. The highest BCUT2D eigenvalue weighted by Gasteiger charge is 2.35. The Balaban J connectivity index is 1.23. The lowest BCUT2D eigenvalue weighted by Crippen LogP contribution is -2.50. The van der Waals surface area contributed by atoms with Gasteiger partial charge in [-0.15, -0.1) is 0 Å². The van der Waals surface area contributed by atoms with Crippen LogP contribution >= 0.6 is 11.6 Å². The molecule has 4 heterocycles. The van der Waals surface area contributed by atoms with Crippen LogP contribution in [0.5, 0.6) is 0 Å². The fourth-order valence-electron chi connectivity index (χ4n) is 5.62. The summed E-state index contributed by atoms with van der Waals surface area (Å²) in [6, 6.07) is 7.75. The van der Waals surface area contributed by atoms with Gasteiger partial charge in [0, 0.05) is 50.2 Å². The number of nitrogens with one attached hydrogen (secondary N) is 2. The van der Waals surface area contributed by atoms with Crippen LogP contribution in [0.3, 0.4) is 0 Å². The van der Waals surface area contributed by atoms with E-state index in [1.54, 1.807) is 12.3 Å². The summed E-state index contributed by atoms with van der Waals surface area (Å²) in [6.07, 6.45) is 7.99. The van der Waals surface area contributed by atoms with Gasteiger partial charge in [-0.3, -0.25) is 10.3 Å². The van der Waals surface area contributed by atoms with Crippen LogP contribution < -0.4 is 10.6 Å². The molecule has 1 aliphatic carbocycles. The molecule has 2 aliphatic heterocycles. The van der Waals surface area contributed by atoms with Crippen LogP contribution in [0, 0.1) is 28.5 Å². The Kier molecular flexibility index (Phi) is 8.46. The van der Waals surface area contributed by atoms with Crippen molar-refractivity contribution in [2.75, 3.05) is 38.3 Å². The Hall–Kier alpha value is -2.35. The highest BCUT2D eigenvalue weighted by molar-refractivity contribution is 6.33. The highest BCUT2D eigenvalue weighted by Crippen LogP contribution is 2.34. The molecule has 3 aliphatic rings. The second-order valence-electron chi connectivity index (χ2n) is 10.7. The number of ether oxygens (including phenoxy) is 3. The molecular formula is C28H35ClFN5O3. The number of hydrogen-bond acceptors (Lipinski definition) is 8. The SMILES string of the molecule is CC1(NC2CCC(Cc3cc(-c4ccc(F)c(NCC5(C#N)CCOCC5)n4)c(Cl)cn3)CC2)OCCO1. The molecule has 0 radical (unpaired) electrons. The quantitative estimate of drug-likeness (QED) is 0.475. The van der Waals surface area contributed by atoms with Gasteiger partial charge in [-0.1, -0.05) is 11.6 Å². The summed E-state index contributed by atoms with van der Waals surface area (Å²) in [6.45, 7) is 4.56. The van der Waals surface area contributed by atoms with Gasteiger partial charge >= 0.3 is 0 Å². The van der Waals surface area contributed by atoms with E-state index in [0.29, 0.717) is 68.5 Å². The number of pyridine rings is 2. The first-order chi connectivity index (χ1) is 18.4. The Bertz CT molecular complexity index is 1160. The van der Waals surface area contributed by atoms with E-state index in [0.717, 1.165) is 43.4 Å². The van der Waals surface area contributed by atoms with E-state index in [1.165, 1.54) is 6.07 Å². The molecule has 0 spiro atoms. The molecule has 0 bridgehead atoms. The minimum Gasteiger partial charge on any atom is -0.381 e. The summed E-state index contributed by atoms with van der Waals surface area (Å²) in [5.74, 6) is -0.493. The molecule has 2 aromatic heterocycles. The summed E-state index contributed by atoms with van der Waals surface area (Å²) in [5, 5.41) is 16.8. The maximum absolute atomic E-state index is 14.6. The van der Waals surface area contributed by atoms with E-state index in [9.17, 15) is 9.65 Å². The zero-order valence-electron chi connectivity index (χ0n) is 21.8. The first kappa shape index (κ1) is 27.2. The van der Waals surface area contributed by atoms with Crippen molar-refractivity contribution in [1.29, 1.82) is 5.26 Å². The average Bonchev–Trinajstić information content (AvgIpc) is 3.37. The zero-order chi connectivity index (χ0) is 26.6. The molecule has 10 heteroatoms. The first-order valence-corrected chi connectivity index (χ1v) is 13.8. The molecule has 2 N–H and O–H groups in total. The van der Waals surface area contributed by atoms with Crippen molar-refractivity contribution in [1.82, 2.24) is 15.3 Å². The maximum Gasteiger partial charge on any atom is 0.224 e. The highest BCUT2D eigenvalue weighted by atomic mass is 35.5. The van der Waals surface area contributed by atoms with Crippen molar-refractivity contribution in [3.05, 3.63) is 40.9 Å². The number of hydrogen-bond donors (Lipinski definition) is 2. The van der Waals surface area contributed by atoms with E-state index >= 15 is 0 Å². The van der Waals surface area contributed by atoms with Crippen LogP contribution in [-0.4, -0.2) is 54.9 Å². The summed E-state index contributed by atoms with van der Waals surface area (Å²) in [7, 11) is 0. The maximum atomic E-state index is 14.6. The Labute approximate surface area is 228 Å². The number of aromatic nitrogens is 2. The third kappa shape index (κ3) is 6.44. The number of nitrogens with zero attached hydrogens (tertiary/aromatic N) is 3. The summed E-state index contributed by atoms with van der Waals surface area (Å²) in [4.78, 5) is 9.11. The standard InChI is InChI=1S/C28H35ClFN5O3/c1-27(37-12-13-38-27)35-20-4-2-19(3-5-20)14-21-15-22(23(29)16-32-21)25-7-6-24(30)26(34-25)33-18-28(17-31)8-10-36-11-9-28/h6-7,15-16,19-20,35H,2-5,8-14,18H2,1H3,(H,33,34). The van der Waals surface area contributed by atoms with Gasteiger partial charge in [0.2, 0.25) is 5.91 Å². The van der Waals surface area contributed by atoms with Crippen molar-refractivity contribution < 1.29 is 18.6 Å². The van der Waals surface area contributed by atoms with Gasteiger partial charge in [0.25, 0.3) is 0 Å². The molecular weight excluding hydrogens is 509 g/mol. The number of halogens is 2. The van der Waals surface area contributed by atoms with Gasteiger partial charge in [-0.25, -0.2) is 9.37 Å². The van der Waals surface area contributed by atoms with Crippen molar-refractivity contribution in [3.8, 4) is 17.3 Å². The van der Waals surface area contributed by atoms with Crippen LogP contribution in [0.25, 0.3) is 11.3 Å². The Morgan fingerprint density at radius 3 is 2.58 bits per heavy atom. The zero-order valence-corrected chi connectivity index (χ0v) is 22.5. The normalized spacial score (nSPS) is 24.6. The molecule has 1 saturated carbocycles. The van der Waals surface area contributed by atoms with E-state index in [4.69, 9.17) is 25.8 Å². The Morgan fingerprint density at radius 2 is 1.87 bits per heavy atom. The van der Waals surface area contributed by atoms with Crippen LogP contribution in [0.15, 0.2) is 24.4 Å². The lowest BCUT2D eigenvalue weighted by Gasteiger charge is -2.34. The summed E-state index contributed by atoms with van der Waals surface area (Å²) in [5.41, 5.74) is 1.65. The van der Waals surface area contributed by atoms with Gasteiger partial charge in [0.05, 0.1) is 35.4 Å². The fraction of sp³-hybridized carbons (Fsp3) is 0.607. The van der Waals surface area contributed by atoms with E-state index in [2.05, 4.69) is 26.7 Å². The molecule has 38 heavy (non-hydrogen) atoms. The molecule has 8 nitrogen and oxygen atoms in total. The van der Waals surface area contributed by atoms with Gasteiger partial charge in [0.15, 0.2) is 11.6 Å². The van der Waals surface area contributed by atoms with E-state index < -0.39 is 17.1 Å². The van der Waals surface area contributed by atoms with Crippen LogP contribution in [0.4, 0.5) is 10.2 Å². The van der Waals surface area contributed by atoms with E-state index in [-0.39, 0.29) is 5.82 Å². The predicted octanol–water partition coefficient (Wildman–Crippen LogP) is 5.08. The van der Waals surface area contributed by atoms with Crippen molar-refractivity contribution >= 4 is 17.4 Å². The number of anilines is 1. The molecule has 204 valence electrons. The van der Waals surface area contributed by atoms with Crippen LogP contribution in [0.2, 0.25) is 5.02 Å². The molecule has 0 atom stereocenters. The largest absolute Gasteiger partial charge is 0.381 e. The van der Waals surface area contributed by atoms with Gasteiger partial charge < -0.3 is 19.5 Å². The Morgan fingerprint density at radius 1 is 1.13 bits per heavy atom. The average molecular weight is 544 g/mol. The molecule has 3 fully saturated rings. The fourth-order valence-corrected chi connectivity index (χ4v) is 5.82. The van der Waals surface area contributed by atoms with Gasteiger partial charge in [-0.2, -0.15) is 5.26 Å². The van der Waals surface area contributed by atoms with Crippen LogP contribution in [-0.2, 0) is 20.6 Å². The second kappa shape index (κ2) is 11.8. The molecule has 0 unspecified atom stereocenters. The van der Waals surface area contributed by atoms with E-state index in [1.807, 2.05) is 13.0 Å². The predicted molar refractivity (Wildman–Crippen MR) is 142 cm³/mol. The third-order valence-corrected chi connectivity index (χ3v) is 8.27. The van der Waals surface area contributed by atoms with Crippen molar-refractivity contribution in [2.24, 2.45) is 11.3 Å². The first-order valence-electron chi connectivity index (χ1n) is 13.5. The summed E-state index contributed by atoms with van der Waals surface area (Å²) >= 11 is 6.52. The number of rotatable bonds is 8. The minimum atomic E-state index is -0.667. The molecule has 2 saturated heterocycles. The molecule has 0 aromatic carbocycles. The monoisotopic (exact) mass is 543 g/mol. The molecule has 5 rings (SSSR count). The molecule has 2 aromatic rings. The number of nitriles is 1. The molecule has 0 amide bonds. The second-order valence-corrected chi connectivity index (χ2v) is 11.2. The van der Waals surface area contributed by atoms with Crippen LogP contribution in [0.1, 0.15) is 51.1 Å². The lowest BCUT2D eigenvalue weighted by atomic mass is 9.82. The lowest BCUT2D eigenvalue weighted by molar-refractivity contribution is -0.174. The van der Waals surface area contributed by atoms with Crippen molar-refractivity contribution in [2.45, 2.75) is 63.8 Å². The van der Waals surface area contributed by atoms with Crippen molar-refractivity contribution in [3.63, 3.8) is 0 Å². The minimum absolute atomic E-state index is 0.118. The van der Waals surface area contributed by atoms with Gasteiger partial charge in [-0.05, 0) is 69.1 Å².